The predicted octanol–water partition coefficient (Wildman–Crippen LogP) is 3.94. The number of benzene rings is 1. The summed E-state index contributed by atoms with van der Waals surface area (Å²) in [6, 6.07) is 14.5. The third kappa shape index (κ3) is 4.12. The number of amides is 1. The molecule has 1 aromatic carbocycles. The molecule has 1 aliphatic rings. The van der Waals surface area contributed by atoms with Crippen LogP contribution in [0.25, 0.3) is 28.0 Å². The van der Waals surface area contributed by atoms with Gasteiger partial charge in [0.2, 0.25) is 0 Å². The molecule has 34 heavy (non-hydrogen) atoms. The number of rotatable bonds is 5. The van der Waals surface area contributed by atoms with Gasteiger partial charge in [0.1, 0.15) is 16.5 Å². The van der Waals surface area contributed by atoms with Gasteiger partial charge in [-0.1, -0.05) is 23.7 Å². The molecule has 4 aromatic rings. The standard InChI is InChI=1S/C25H21ClN6O2/c1-15-10-18(12-20(26)29-15)21-22(17-5-2-4-16(11-17)13-27)31-32-9-6-19(30-23(21)32)24(33)28-14-25(34)7-3-8-25/h2,4-6,9-12,34H,3,7-8,14H2,1H3,(H,28,33). The Morgan fingerprint density at radius 2 is 2.06 bits per heavy atom. The Labute approximate surface area is 200 Å². The summed E-state index contributed by atoms with van der Waals surface area (Å²) in [5.74, 6) is -0.369. The summed E-state index contributed by atoms with van der Waals surface area (Å²) in [7, 11) is 0. The van der Waals surface area contributed by atoms with E-state index in [1.165, 1.54) is 0 Å². The van der Waals surface area contributed by atoms with Crippen molar-refractivity contribution in [3.05, 3.63) is 70.8 Å². The molecule has 1 aliphatic carbocycles. The highest BCUT2D eigenvalue weighted by Gasteiger charge is 2.34. The van der Waals surface area contributed by atoms with Crippen molar-refractivity contribution in [3.63, 3.8) is 0 Å². The van der Waals surface area contributed by atoms with E-state index in [1.54, 1.807) is 41.0 Å². The van der Waals surface area contributed by atoms with E-state index in [-0.39, 0.29) is 18.1 Å². The van der Waals surface area contributed by atoms with Crippen molar-refractivity contribution in [1.29, 1.82) is 5.26 Å². The number of nitrogens with one attached hydrogen (secondary N) is 1. The van der Waals surface area contributed by atoms with E-state index in [2.05, 4.69) is 21.4 Å². The quantitative estimate of drug-likeness (QED) is 0.425. The van der Waals surface area contributed by atoms with E-state index >= 15 is 0 Å². The van der Waals surface area contributed by atoms with E-state index in [0.717, 1.165) is 23.2 Å². The van der Waals surface area contributed by atoms with Crippen molar-refractivity contribution in [1.82, 2.24) is 24.9 Å². The van der Waals surface area contributed by atoms with Gasteiger partial charge < -0.3 is 10.4 Å². The molecule has 0 radical (unpaired) electrons. The van der Waals surface area contributed by atoms with Crippen LogP contribution in [0.1, 0.15) is 41.0 Å². The Hall–Kier alpha value is -3.80. The lowest BCUT2D eigenvalue weighted by molar-refractivity contribution is -0.0300. The highest BCUT2D eigenvalue weighted by atomic mass is 35.5. The van der Waals surface area contributed by atoms with Gasteiger partial charge in [0.05, 0.1) is 22.8 Å². The normalized spacial score (nSPS) is 14.4. The minimum absolute atomic E-state index is 0.191. The van der Waals surface area contributed by atoms with Crippen LogP contribution in [0.15, 0.2) is 48.7 Å². The molecule has 2 N–H and O–H groups in total. The third-order valence-electron chi connectivity index (χ3n) is 6.06. The summed E-state index contributed by atoms with van der Waals surface area (Å²) in [6.45, 7) is 2.03. The van der Waals surface area contributed by atoms with Gasteiger partial charge >= 0.3 is 0 Å². The number of aryl methyl sites for hydroxylation is 1. The van der Waals surface area contributed by atoms with Crippen LogP contribution in [0.3, 0.4) is 0 Å². The molecular weight excluding hydrogens is 452 g/mol. The fourth-order valence-electron chi connectivity index (χ4n) is 4.13. The molecule has 0 unspecified atom stereocenters. The molecule has 0 saturated heterocycles. The van der Waals surface area contributed by atoms with E-state index in [4.69, 9.17) is 16.7 Å². The molecule has 0 spiro atoms. The van der Waals surface area contributed by atoms with Gasteiger partial charge in [0, 0.05) is 24.0 Å². The van der Waals surface area contributed by atoms with Crippen molar-refractivity contribution in [2.75, 3.05) is 6.54 Å². The molecule has 0 atom stereocenters. The molecular formula is C25H21ClN6O2. The lowest BCUT2D eigenvalue weighted by Crippen LogP contribution is -2.47. The first-order chi connectivity index (χ1) is 16.3. The summed E-state index contributed by atoms with van der Waals surface area (Å²) in [4.78, 5) is 21.7. The third-order valence-corrected chi connectivity index (χ3v) is 6.25. The summed E-state index contributed by atoms with van der Waals surface area (Å²) < 4.78 is 1.60. The number of hydrogen-bond acceptors (Lipinski definition) is 6. The minimum Gasteiger partial charge on any atom is -0.388 e. The number of nitrogens with zero attached hydrogens (tertiary/aromatic N) is 5. The maximum absolute atomic E-state index is 12.8. The lowest BCUT2D eigenvalue weighted by Gasteiger charge is -2.36. The molecule has 1 fully saturated rings. The highest BCUT2D eigenvalue weighted by Crippen LogP contribution is 2.36. The Balaban J connectivity index is 1.64. The summed E-state index contributed by atoms with van der Waals surface area (Å²) in [5.41, 5.74) is 3.85. The average molecular weight is 473 g/mol. The van der Waals surface area contributed by atoms with Crippen LogP contribution < -0.4 is 5.32 Å². The molecule has 1 amide bonds. The average Bonchev–Trinajstić information content (AvgIpc) is 3.19. The molecule has 3 aromatic heterocycles. The Morgan fingerprint density at radius 1 is 1.24 bits per heavy atom. The minimum atomic E-state index is -0.828. The summed E-state index contributed by atoms with van der Waals surface area (Å²) >= 11 is 6.26. The molecule has 0 bridgehead atoms. The van der Waals surface area contributed by atoms with Crippen LogP contribution in [0.4, 0.5) is 0 Å². The SMILES string of the molecule is Cc1cc(-c2c(-c3cccc(C#N)c3)nn3ccc(C(=O)NCC4(O)CCC4)nc23)cc(Cl)n1. The summed E-state index contributed by atoms with van der Waals surface area (Å²) in [5, 5.41) is 27.5. The van der Waals surface area contributed by atoms with Gasteiger partial charge in [0.25, 0.3) is 5.91 Å². The Morgan fingerprint density at radius 3 is 2.76 bits per heavy atom. The van der Waals surface area contributed by atoms with E-state index < -0.39 is 5.60 Å². The second-order valence-corrected chi connectivity index (χ2v) is 8.96. The van der Waals surface area contributed by atoms with Gasteiger partial charge in [-0.2, -0.15) is 10.4 Å². The number of hydrogen-bond donors (Lipinski definition) is 2. The Bertz CT molecular complexity index is 1450. The number of aliphatic hydroxyl groups is 1. The smallest absolute Gasteiger partial charge is 0.270 e. The monoisotopic (exact) mass is 472 g/mol. The topological polar surface area (TPSA) is 116 Å². The predicted molar refractivity (Wildman–Crippen MR) is 127 cm³/mol. The number of nitriles is 1. The number of carbonyl (C=O) groups is 1. The fourth-order valence-corrected chi connectivity index (χ4v) is 4.38. The van der Waals surface area contributed by atoms with Crippen molar-refractivity contribution in [2.24, 2.45) is 0 Å². The van der Waals surface area contributed by atoms with E-state index in [0.29, 0.717) is 40.5 Å². The van der Waals surface area contributed by atoms with Gasteiger partial charge in [-0.3, -0.25) is 4.79 Å². The molecule has 9 heteroatoms. The van der Waals surface area contributed by atoms with E-state index in [9.17, 15) is 15.2 Å². The van der Waals surface area contributed by atoms with Gasteiger partial charge in [-0.25, -0.2) is 14.5 Å². The van der Waals surface area contributed by atoms with Crippen LogP contribution in [0.2, 0.25) is 5.15 Å². The van der Waals surface area contributed by atoms with Crippen LogP contribution in [0.5, 0.6) is 0 Å². The number of fused-ring (bicyclic) bond motifs is 1. The lowest BCUT2D eigenvalue weighted by atomic mass is 9.80. The first kappa shape index (κ1) is 22.0. The number of halogens is 1. The fraction of sp³-hybridized carbons (Fsp3) is 0.240. The first-order valence-electron chi connectivity index (χ1n) is 10.9. The second-order valence-electron chi connectivity index (χ2n) is 8.58. The highest BCUT2D eigenvalue weighted by molar-refractivity contribution is 6.29. The number of carbonyl (C=O) groups excluding carboxylic acids is 1. The van der Waals surface area contributed by atoms with Crippen LogP contribution >= 0.6 is 11.6 Å². The number of aromatic nitrogens is 4. The first-order valence-corrected chi connectivity index (χ1v) is 11.3. The zero-order valence-corrected chi connectivity index (χ0v) is 19.2. The maximum atomic E-state index is 12.8. The Kier molecular flexibility index (Phi) is 5.52. The zero-order chi connectivity index (χ0) is 23.9. The molecule has 1 saturated carbocycles. The molecule has 3 heterocycles. The molecule has 8 nitrogen and oxygen atoms in total. The van der Waals surface area contributed by atoms with Gasteiger partial charge in [-0.05, 0) is 62.1 Å². The van der Waals surface area contributed by atoms with Crippen LogP contribution in [-0.2, 0) is 0 Å². The van der Waals surface area contributed by atoms with Gasteiger partial charge in [-0.15, -0.1) is 0 Å². The summed E-state index contributed by atoms with van der Waals surface area (Å²) in [6.07, 6.45) is 3.99. The van der Waals surface area contributed by atoms with Crippen LogP contribution in [0, 0.1) is 18.3 Å². The second kappa shape index (κ2) is 8.52. The van der Waals surface area contributed by atoms with Crippen molar-refractivity contribution >= 4 is 23.2 Å². The largest absolute Gasteiger partial charge is 0.388 e. The van der Waals surface area contributed by atoms with E-state index in [1.807, 2.05) is 19.1 Å². The van der Waals surface area contributed by atoms with Crippen molar-refractivity contribution in [3.8, 4) is 28.5 Å². The molecule has 0 aliphatic heterocycles. The van der Waals surface area contributed by atoms with Crippen molar-refractivity contribution < 1.29 is 9.90 Å². The van der Waals surface area contributed by atoms with Crippen LogP contribution in [-0.4, -0.2) is 42.7 Å². The number of pyridine rings is 1. The maximum Gasteiger partial charge on any atom is 0.270 e. The molecule has 5 rings (SSSR count). The zero-order valence-electron chi connectivity index (χ0n) is 18.4. The van der Waals surface area contributed by atoms with Gasteiger partial charge in [0.15, 0.2) is 5.65 Å². The van der Waals surface area contributed by atoms with Crippen molar-refractivity contribution in [2.45, 2.75) is 31.8 Å². The molecule has 170 valence electrons.